The molecular weight excluding hydrogens is 377 g/mol. The van der Waals surface area contributed by atoms with E-state index < -0.39 is 0 Å². The van der Waals surface area contributed by atoms with Gasteiger partial charge in [0.25, 0.3) is 5.91 Å². The van der Waals surface area contributed by atoms with Gasteiger partial charge in [-0.2, -0.15) is 5.10 Å². The molecule has 3 aromatic rings. The molecule has 0 aliphatic heterocycles. The first-order chi connectivity index (χ1) is 12.5. The Kier molecular flexibility index (Phi) is 5.66. The number of ether oxygens (including phenoxy) is 1. The third-order valence-corrected chi connectivity index (χ3v) is 4.82. The van der Waals surface area contributed by atoms with E-state index in [0.29, 0.717) is 33.2 Å². The van der Waals surface area contributed by atoms with Gasteiger partial charge < -0.3 is 14.7 Å². The van der Waals surface area contributed by atoms with Crippen molar-refractivity contribution in [1.29, 1.82) is 0 Å². The summed E-state index contributed by atoms with van der Waals surface area (Å²) < 4.78 is 5.14. The standard InChI is InChI=1S/C18H17Cl2N3O3/c1-26-12-4-2-11(3-5-12)10-23(8-9-24)18(25)17-13-6-7-14(19)15(20)16(13)21-22-17/h2-7,24H,8-10H2,1H3,(H,21,22). The number of hydrogen-bond acceptors (Lipinski definition) is 4. The maximum atomic E-state index is 13.0. The molecular formula is C18H17Cl2N3O3. The number of H-pyrrole nitrogens is 1. The largest absolute Gasteiger partial charge is 0.497 e. The molecule has 0 aliphatic rings. The van der Waals surface area contributed by atoms with E-state index in [0.717, 1.165) is 11.3 Å². The fourth-order valence-corrected chi connectivity index (χ4v) is 3.03. The van der Waals surface area contributed by atoms with E-state index in [-0.39, 0.29) is 19.1 Å². The van der Waals surface area contributed by atoms with Crippen LogP contribution in [-0.4, -0.2) is 46.4 Å². The Morgan fingerprint density at radius 1 is 1.23 bits per heavy atom. The molecule has 1 amide bonds. The van der Waals surface area contributed by atoms with E-state index >= 15 is 0 Å². The van der Waals surface area contributed by atoms with Crippen LogP contribution in [0.15, 0.2) is 36.4 Å². The van der Waals surface area contributed by atoms with Gasteiger partial charge in [0.1, 0.15) is 17.0 Å². The van der Waals surface area contributed by atoms with Crippen LogP contribution >= 0.6 is 23.2 Å². The highest BCUT2D eigenvalue weighted by molar-refractivity contribution is 6.45. The summed E-state index contributed by atoms with van der Waals surface area (Å²) in [5.41, 5.74) is 1.66. The molecule has 26 heavy (non-hydrogen) atoms. The van der Waals surface area contributed by atoms with E-state index in [1.165, 1.54) is 4.90 Å². The molecule has 0 spiro atoms. The topological polar surface area (TPSA) is 78.5 Å². The summed E-state index contributed by atoms with van der Waals surface area (Å²) in [5.74, 6) is 0.454. The molecule has 8 heteroatoms. The number of amides is 1. The molecule has 2 aromatic carbocycles. The maximum absolute atomic E-state index is 13.0. The number of hydrogen-bond donors (Lipinski definition) is 2. The number of aromatic amines is 1. The summed E-state index contributed by atoms with van der Waals surface area (Å²) in [4.78, 5) is 14.5. The lowest BCUT2D eigenvalue weighted by Crippen LogP contribution is -2.33. The van der Waals surface area contributed by atoms with Gasteiger partial charge in [-0.15, -0.1) is 0 Å². The van der Waals surface area contributed by atoms with Crippen molar-refractivity contribution in [1.82, 2.24) is 15.1 Å². The van der Waals surface area contributed by atoms with Crippen molar-refractivity contribution in [2.45, 2.75) is 6.54 Å². The number of nitrogens with zero attached hydrogens (tertiary/aromatic N) is 2. The van der Waals surface area contributed by atoms with E-state index in [1.807, 2.05) is 24.3 Å². The summed E-state index contributed by atoms with van der Waals surface area (Å²) in [6, 6.07) is 10.7. The zero-order chi connectivity index (χ0) is 18.7. The van der Waals surface area contributed by atoms with Crippen LogP contribution < -0.4 is 4.74 Å². The third-order valence-electron chi connectivity index (χ3n) is 4.02. The number of halogens is 2. The average Bonchev–Trinajstić information content (AvgIpc) is 3.09. The Hall–Kier alpha value is -2.28. The van der Waals surface area contributed by atoms with Crippen molar-refractivity contribution < 1.29 is 14.6 Å². The summed E-state index contributed by atoms with van der Waals surface area (Å²) >= 11 is 12.1. The van der Waals surface area contributed by atoms with Gasteiger partial charge in [-0.05, 0) is 29.8 Å². The van der Waals surface area contributed by atoms with Gasteiger partial charge in [0.15, 0.2) is 0 Å². The predicted octanol–water partition coefficient (Wildman–Crippen LogP) is 3.51. The summed E-state index contributed by atoms with van der Waals surface area (Å²) in [7, 11) is 1.59. The molecule has 2 N–H and O–H groups in total. The van der Waals surface area contributed by atoms with Crippen molar-refractivity contribution in [2.24, 2.45) is 0 Å². The number of rotatable bonds is 6. The SMILES string of the molecule is COc1ccc(CN(CCO)C(=O)c2[nH]nc3c(Cl)c(Cl)ccc23)cc1. The van der Waals surface area contributed by atoms with Gasteiger partial charge in [0.05, 0.1) is 23.8 Å². The first-order valence-electron chi connectivity index (χ1n) is 7.90. The Balaban J connectivity index is 1.90. The second kappa shape index (κ2) is 7.95. The van der Waals surface area contributed by atoms with Gasteiger partial charge in [-0.3, -0.25) is 9.89 Å². The highest BCUT2D eigenvalue weighted by Gasteiger charge is 2.22. The Morgan fingerprint density at radius 2 is 1.96 bits per heavy atom. The number of methoxy groups -OCH3 is 1. The van der Waals surface area contributed by atoms with Crippen LogP contribution in [0.1, 0.15) is 16.1 Å². The third kappa shape index (κ3) is 3.62. The van der Waals surface area contributed by atoms with Crippen LogP contribution in [-0.2, 0) is 6.54 Å². The van der Waals surface area contributed by atoms with Crippen LogP contribution in [0.5, 0.6) is 5.75 Å². The monoisotopic (exact) mass is 393 g/mol. The number of benzene rings is 2. The predicted molar refractivity (Wildman–Crippen MR) is 101 cm³/mol. The first kappa shape index (κ1) is 18.5. The number of fused-ring (bicyclic) bond motifs is 1. The summed E-state index contributed by atoms with van der Waals surface area (Å²) in [6.07, 6.45) is 0. The fraction of sp³-hybridized carbons (Fsp3) is 0.222. The highest BCUT2D eigenvalue weighted by atomic mass is 35.5. The molecule has 0 saturated heterocycles. The van der Waals surface area contributed by atoms with E-state index in [9.17, 15) is 9.90 Å². The van der Waals surface area contributed by atoms with Crippen molar-refractivity contribution >= 4 is 40.0 Å². The molecule has 0 aliphatic carbocycles. The number of nitrogens with one attached hydrogen (secondary N) is 1. The van der Waals surface area contributed by atoms with Gasteiger partial charge in [-0.1, -0.05) is 35.3 Å². The zero-order valence-corrected chi connectivity index (χ0v) is 15.5. The number of aliphatic hydroxyl groups excluding tert-OH is 1. The van der Waals surface area contributed by atoms with Crippen molar-refractivity contribution in [3.8, 4) is 5.75 Å². The van der Waals surface area contributed by atoms with Crippen molar-refractivity contribution in [2.75, 3.05) is 20.3 Å². The molecule has 1 aromatic heterocycles. The summed E-state index contributed by atoms with van der Waals surface area (Å²) in [5, 5.41) is 17.5. The first-order valence-corrected chi connectivity index (χ1v) is 8.66. The van der Waals surface area contributed by atoms with E-state index in [2.05, 4.69) is 10.2 Å². The normalized spacial score (nSPS) is 10.9. The second-order valence-corrected chi connectivity index (χ2v) is 6.44. The Morgan fingerprint density at radius 3 is 2.62 bits per heavy atom. The minimum absolute atomic E-state index is 0.152. The lowest BCUT2D eigenvalue weighted by atomic mass is 10.1. The molecule has 0 atom stereocenters. The average molecular weight is 394 g/mol. The highest BCUT2D eigenvalue weighted by Crippen LogP contribution is 2.31. The number of aliphatic hydroxyl groups is 1. The molecule has 6 nitrogen and oxygen atoms in total. The number of aromatic nitrogens is 2. The molecule has 1 heterocycles. The number of carbonyl (C=O) groups excluding carboxylic acids is 1. The maximum Gasteiger partial charge on any atom is 0.272 e. The van der Waals surface area contributed by atoms with Crippen molar-refractivity contribution in [3.05, 3.63) is 57.7 Å². The summed E-state index contributed by atoms with van der Waals surface area (Å²) in [6.45, 7) is 0.373. The van der Waals surface area contributed by atoms with Crippen LogP contribution in [0, 0.1) is 0 Å². The van der Waals surface area contributed by atoms with Gasteiger partial charge in [0, 0.05) is 18.5 Å². The van der Waals surface area contributed by atoms with Crippen LogP contribution in [0.4, 0.5) is 0 Å². The molecule has 0 fully saturated rings. The van der Waals surface area contributed by atoms with Gasteiger partial charge in [0.2, 0.25) is 0 Å². The zero-order valence-electron chi connectivity index (χ0n) is 14.0. The van der Waals surface area contributed by atoms with Crippen LogP contribution in [0.3, 0.4) is 0 Å². The lowest BCUT2D eigenvalue weighted by Gasteiger charge is -2.21. The lowest BCUT2D eigenvalue weighted by molar-refractivity contribution is 0.0704. The number of carbonyl (C=O) groups is 1. The van der Waals surface area contributed by atoms with Crippen LogP contribution in [0.25, 0.3) is 10.9 Å². The fourth-order valence-electron chi connectivity index (χ4n) is 2.67. The Labute approximate surface area is 160 Å². The Bertz CT molecular complexity index is 925. The second-order valence-electron chi connectivity index (χ2n) is 5.65. The molecule has 0 bridgehead atoms. The quantitative estimate of drug-likeness (QED) is 0.671. The van der Waals surface area contributed by atoms with Crippen LogP contribution in [0.2, 0.25) is 10.0 Å². The minimum Gasteiger partial charge on any atom is -0.497 e. The molecule has 0 unspecified atom stereocenters. The molecule has 0 saturated carbocycles. The van der Waals surface area contributed by atoms with E-state index in [4.69, 9.17) is 27.9 Å². The van der Waals surface area contributed by atoms with Crippen molar-refractivity contribution in [3.63, 3.8) is 0 Å². The van der Waals surface area contributed by atoms with E-state index in [1.54, 1.807) is 19.2 Å². The van der Waals surface area contributed by atoms with Gasteiger partial charge >= 0.3 is 0 Å². The smallest absolute Gasteiger partial charge is 0.272 e. The molecule has 3 rings (SSSR count). The van der Waals surface area contributed by atoms with Gasteiger partial charge in [-0.25, -0.2) is 0 Å². The molecule has 136 valence electrons. The minimum atomic E-state index is -0.282. The molecule has 0 radical (unpaired) electrons.